The predicted molar refractivity (Wildman–Crippen MR) is 110 cm³/mol. The van der Waals surface area contributed by atoms with Crippen molar-refractivity contribution < 1.29 is 32.0 Å². The monoisotopic (exact) mass is 474 g/mol. The fourth-order valence-electron chi connectivity index (χ4n) is 4.54. The summed E-state index contributed by atoms with van der Waals surface area (Å²) in [5.41, 5.74) is 2.08. The van der Waals surface area contributed by atoms with Gasteiger partial charge in [0.1, 0.15) is 23.1 Å². The minimum atomic E-state index is -4.86. The Morgan fingerprint density at radius 2 is 2.00 bits per heavy atom. The van der Waals surface area contributed by atoms with Crippen LogP contribution >= 0.6 is 0 Å². The molecule has 3 aromatic rings. The SMILES string of the molecule is Cc1cc([C@](C)(O)C#Cc2cc3c(cc2F)C2CC(C2)n2c-3nc(C(N)=O)c2C(F)(F)F)no1. The Hall–Kier alpha value is -3.65. The third-order valence-corrected chi connectivity index (χ3v) is 6.28. The fourth-order valence-corrected chi connectivity index (χ4v) is 4.54. The van der Waals surface area contributed by atoms with E-state index in [1.165, 1.54) is 25.1 Å². The minimum absolute atomic E-state index is 0.108. The lowest BCUT2D eigenvalue weighted by Gasteiger charge is -2.35. The van der Waals surface area contributed by atoms with E-state index in [4.69, 9.17) is 10.3 Å². The fraction of sp³-hybridized carbons (Fsp3) is 0.348. The number of hydrogen-bond acceptors (Lipinski definition) is 5. The summed E-state index contributed by atoms with van der Waals surface area (Å²) in [4.78, 5) is 15.7. The van der Waals surface area contributed by atoms with Gasteiger partial charge < -0.3 is 19.9 Å². The molecule has 6 rings (SSSR count). The number of nitrogens with two attached hydrogens (primary N) is 1. The smallest absolute Gasteiger partial charge is 0.372 e. The molecular formula is C23H18F4N4O3. The lowest BCUT2D eigenvalue weighted by atomic mass is 9.75. The Kier molecular flexibility index (Phi) is 4.67. The molecule has 34 heavy (non-hydrogen) atoms. The first-order valence-electron chi connectivity index (χ1n) is 10.4. The summed E-state index contributed by atoms with van der Waals surface area (Å²) in [6.45, 7) is 2.99. The molecule has 0 radical (unpaired) electrons. The summed E-state index contributed by atoms with van der Waals surface area (Å²) in [6.07, 6.45) is -4.16. The zero-order chi connectivity index (χ0) is 24.6. The number of hydrogen-bond donors (Lipinski definition) is 2. The summed E-state index contributed by atoms with van der Waals surface area (Å²) in [6, 6.07) is 3.47. The van der Waals surface area contributed by atoms with Crippen molar-refractivity contribution in [2.24, 2.45) is 5.73 Å². The number of aryl methyl sites for hydroxylation is 1. The van der Waals surface area contributed by atoms with Gasteiger partial charge in [-0.05, 0) is 50.3 Å². The normalized spacial score (nSPS) is 20.2. The van der Waals surface area contributed by atoms with E-state index in [1.54, 1.807) is 6.92 Å². The molecule has 4 heterocycles. The van der Waals surface area contributed by atoms with Crippen LogP contribution in [0.25, 0.3) is 11.4 Å². The molecule has 1 amide bonds. The van der Waals surface area contributed by atoms with Crippen LogP contribution in [0.4, 0.5) is 17.6 Å². The molecule has 2 bridgehead atoms. The van der Waals surface area contributed by atoms with E-state index in [9.17, 15) is 27.5 Å². The summed E-state index contributed by atoms with van der Waals surface area (Å²) in [5.74, 6) is 3.29. The average Bonchev–Trinajstić information content (AvgIpc) is 3.26. The molecule has 2 aromatic heterocycles. The summed E-state index contributed by atoms with van der Waals surface area (Å²) in [5, 5.41) is 14.3. The highest BCUT2D eigenvalue weighted by Crippen LogP contribution is 2.54. The summed E-state index contributed by atoms with van der Waals surface area (Å²) >= 11 is 0. The predicted octanol–water partition coefficient (Wildman–Crippen LogP) is 3.79. The number of imidazole rings is 1. The molecule has 1 saturated carbocycles. The van der Waals surface area contributed by atoms with Crippen LogP contribution in [0.1, 0.15) is 70.5 Å². The highest BCUT2D eigenvalue weighted by atomic mass is 19.4. The molecule has 0 saturated heterocycles. The van der Waals surface area contributed by atoms with Crippen LogP contribution in [0.2, 0.25) is 0 Å². The number of amides is 1. The first-order chi connectivity index (χ1) is 15.9. The zero-order valence-electron chi connectivity index (χ0n) is 18.0. The van der Waals surface area contributed by atoms with Gasteiger partial charge >= 0.3 is 6.18 Å². The van der Waals surface area contributed by atoms with E-state index in [1.807, 2.05) is 0 Å². The second-order valence-electron chi connectivity index (χ2n) is 8.75. The van der Waals surface area contributed by atoms with Crippen LogP contribution < -0.4 is 5.73 Å². The number of alkyl halides is 3. The Morgan fingerprint density at radius 1 is 1.29 bits per heavy atom. The highest BCUT2D eigenvalue weighted by Gasteiger charge is 2.48. The molecule has 176 valence electrons. The van der Waals surface area contributed by atoms with Crippen molar-refractivity contribution in [1.82, 2.24) is 14.7 Å². The quantitative estimate of drug-likeness (QED) is 0.434. The molecule has 1 atom stereocenters. The minimum Gasteiger partial charge on any atom is -0.372 e. The van der Waals surface area contributed by atoms with Crippen LogP contribution in [0.5, 0.6) is 0 Å². The van der Waals surface area contributed by atoms with Crippen LogP contribution in [-0.2, 0) is 11.8 Å². The van der Waals surface area contributed by atoms with Gasteiger partial charge in [0, 0.05) is 17.7 Å². The van der Waals surface area contributed by atoms with Gasteiger partial charge in [-0.25, -0.2) is 9.37 Å². The van der Waals surface area contributed by atoms with Crippen molar-refractivity contribution in [1.29, 1.82) is 0 Å². The van der Waals surface area contributed by atoms with Crippen molar-refractivity contribution >= 4 is 5.91 Å². The lowest BCUT2D eigenvalue weighted by Crippen LogP contribution is -2.28. The van der Waals surface area contributed by atoms with Crippen LogP contribution in [0, 0.1) is 24.6 Å². The lowest BCUT2D eigenvalue weighted by molar-refractivity contribution is -0.145. The highest BCUT2D eigenvalue weighted by molar-refractivity contribution is 5.93. The number of primary amides is 1. The first-order valence-corrected chi connectivity index (χ1v) is 10.4. The van der Waals surface area contributed by atoms with Gasteiger partial charge in [0.2, 0.25) is 0 Å². The summed E-state index contributed by atoms with van der Waals surface area (Å²) < 4.78 is 62.6. The van der Waals surface area contributed by atoms with Crippen LogP contribution in [-0.4, -0.2) is 25.7 Å². The van der Waals surface area contributed by atoms with Crippen molar-refractivity contribution in [2.45, 2.75) is 50.4 Å². The molecule has 7 nitrogen and oxygen atoms in total. The van der Waals surface area contributed by atoms with Gasteiger partial charge in [0.05, 0.1) is 5.56 Å². The van der Waals surface area contributed by atoms with Crippen molar-refractivity contribution in [3.8, 4) is 23.2 Å². The van der Waals surface area contributed by atoms with Crippen molar-refractivity contribution in [2.75, 3.05) is 0 Å². The summed E-state index contributed by atoms with van der Waals surface area (Å²) in [7, 11) is 0. The van der Waals surface area contributed by atoms with Crippen LogP contribution in [0.3, 0.4) is 0 Å². The molecule has 11 heteroatoms. The van der Waals surface area contributed by atoms with Crippen molar-refractivity contribution in [3.05, 3.63) is 58.0 Å². The Balaban J connectivity index is 1.68. The number of halogens is 4. The van der Waals surface area contributed by atoms with Gasteiger partial charge in [-0.15, -0.1) is 0 Å². The van der Waals surface area contributed by atoms with E-state index in [2.05, 4.69) is 22.0 Å². The van der Waals surface area contributed by atoms with Crippen LogP contribution in [0.15, 0.2) is 22.7 Å². The first kappa shape index (κ1) is 22.2. The third-order valence-electron chi connectivity index (χ3n) is 6.28. The molecule has 1 fully saturated rings. The number of rotatable bonds is 2. The van der Waals surface area contributed by atoms with Gasteiger partial charge in [-0.2, -0.15) is 13.2 Å². The largest absolute Gasteiger partial charge is 0.433 e. The van der Waals surface area contributed by atoms with Gasteiger partial charge in [0.25, 0.3) is 5.91 Å². The molecule has 1 aromatic carbocycles. The number of nitrogens with zero attached hydrogens (tertiary/aromatic N) is 3. The van der Waals surface area contributed by atoms with Gasteiger partial charge in [-0.1, -0.05) is 17.0 Å². The molecule has 3 aliphatic rings. The number of aromatic nitrogens is 3. The molecular weight excluding hydrogens is 456 g/mol. The molecule has 2 aliphatic heterocycles. The molecule has 0 unspecified atom stereocenters. The van der Waals surface area contributed by atoms with E-state index in [-0.39, 0.29) is 28.6 Å². The number of aliphatic hydroxyl groups is 1. The standard InChI is InChI=1S/C23H18F4N4O3/c1-10-5-17(30-34-10)22(2,33)4-3-11-8-15-14(9-16(11)24)12-6-13(7-12)31-19(23(25,26)27)18(20(28)32)29-21(15)31/h5,8-9,12-13,33H,6-7H2,1-2H3,(H2,28,32)/t12?,13?,22-/m1/s1. The second kappa shape index (κ2) is 7.17. The molecule has 3 N–H and O–H groups in total. The number of carbonyl (C=O) groups is 1. The number of carbonyl (C=O) groups excluding carboxylic acids is 1. The maximum atomic E-state index is 15.0. The average molecular weight is 474 g/mol. The zero-order valence-corrected chi connectivity index (χ0v) is 18.0. The Morgan fingerprint density at radius 3 is 2.59 bits per heavy atom. The third kappa shape index (κ3) is 3.37. The molecule has 0 spiro atoms. The maximum Gasteiger partial charge on any atom is 0.433 e. The Labute approximate surface area is 190 Å². The van der Waals surface area contributed by atoms with Gasteiger partial charge in [-0.3, -0.25) is 4.79 Å². The maximum absolute atomic E-state index is 15.0. The van der Waals surface area contributed by atoms with E-state index >= 15 is 0 Å². The van der Waals surface area contributed by atoms with E-state index < -0.39 is 40.9 Å². The van der Waals surface area contributed by atoms with E-state index in [0.717, 1.165) is 4.57 Å². The molecule has 1 aliphatic carbocycles. The number of benzene rings is 1. The van der Waals surface area contributed by atoms with Gasteiger partial charge in [0.15, 0.2) is 17.0 Å². The second-order valence-corrected chi connectivity index (χ2v) is 8.75. The van der Waals surface area contributed by atoms with Crippen molar-refractivity contribution in [3.63, 3.8) is 0 Å². The Bertz CT molecular complexity index is 1400. The van der Waals surface area contributed by atoms with E-state index in [0.29, 0.717) is 24.2 Å². The topological polar surface area (TPSA) is 107 Å².